The summed E-state index contributed by atoms with van der Waals surface area (Å²) in [4.78, 5) is 8.41. The second-order valence-corrected chi connectivity index (χ2v) is 10.3. The van der Waals surface area contributed by atoms with Gasteiger partial charge in [0, 0.05) is 41.6 Å². The first-order valence-corrected chi connectivity index (χ1v) is 12.5. The standard InChI is InChI=1S/C28H26F6N2O3/c1-14-18(3-4-24(36-14)38-6-5-27(2,37)26(30)31)20-9-17(23(29)11-22(20)28(32,33)34)13-39-25-10-16-7-15-8-19(15)21(16)12-35-25/h3-4,9-12,15,19,26,37H,5-8,13H2,1-2H3. The monoisotopic (exact) mass is 552 g/mol. The quantitative estimate of drug-likeness (QED) is 0.302. The van der Waals surface area contributed by atoms with Crippen LogP contribution in [-0.4, -0.2) is 33.7 Å². The van der Waals surface area contributed by atoms with Crippen LogP contribution in [0.4, 0.5) is 26.3 Å². The molecular formula is C28H26F6N2O3. The second kappa shape index (κ2) is 10.0. The third-order valence-electron chi connectivity index (χ3n) is 7.35. The van der Waals surface area contributed by atoms with E-state index in [-0.39, 0.29) is 53.8 Å². The van der Waals surface area contributed by atoms with E-state index in [1.165, 1.54) is 24.6 Å². The number of fused-ring (bicyclic) bond motifs is 3. The number of hydrogen-bond acceptors (Lipinski definition) is 5. The molecule has 0 aliphatic heterocycles. The molecule has 1 aromatic carbocycles. The van der Waals surface area contributed by atoms with Crippen molar-refractivity contribution in [3.05, 3.63) is 70.3 Å². The maximum absolute atomic E-state index is 14.8. The summed E-state index contributed by atoms with van der Waals surface area (Å²) >= 11 is 0. The van der Waals surface area contributed by atoms with Crippen LogP contribution in [0, 0.1) is 18.7 Å². The molecule has 0 saturated heterocycles. The van der Waals surface area contributed by atoms with Gasteiger partial charge in [-0.15, -0.1) is 0 Å². The first-order chi connectivity index (χ1) is 18.3. The van der Waals surface area contributed by atoms with Gasteiger partial charge < -0.3 is 14.6 Å². The number of rotatable bonds is 9. The van der Waals surface area contributed by atoms with Crippen molar-refractivity contribution in [2.24, 2.45) is 5.92 Å². The molecule has 2 aliphatic rings. The molecule has 0 amide bonds. The molecule has 208 valence electrons. The van der Waals surface area contributed by atoms with Crippen molar-refractivity contribution in [1.29, 1.82) is 0 Å². The van der Waals surface area contributed by atoms with E-state index in [1.54, 1.807) is 12.3 Å². The van der Waals surface area contributed by atoms with Crippen LogP contribution in [0.25, 0.3) is 11.1 Å². The maximum Gasteiger partial charge on any atom is 0.417 e. The Morgan fingerprint density at radius 1 is 1.08 bits per heavy atom. The number of aromatic nitrogens is 2. The van der Waals surface area contributed by atoms with Crippen LogP contribution >= 0.6 is 0 Å². The Hall–Kier alpha value is -3.34. The minimum absolute atomic E-state index is 0.0131. The van der Waals surface area contributed by atoms with Gasteiger partial charge in [-0.1, -0.05) is 0 Å². The van der Waals surface area contributed by atoms with E-state index in [0.29, 0.717) is 17.9 Å². The van der Waals surface area contributed by atoms with Crippen LogP contribution in [0.15, 0.2) is 36.5 Å². The normalized spacial score (nSPS) is 19.4. The number of ether oxygens (including phenoxy) is 2. The smallest absolute Gasteiger partial charge is 0.417 e. The highest BCUT2D eigenvalue weighted by Crippen LogP contribution is 2.56. The van der Waals surface area contributed by atoms with Gasteiger partial charge in [0.05, 0.1) is 12.2 Å². The minimum Gasteiger partial charge on any atom is -0.478 e. The zero-order chi connectivity index (χ0) is 28.1. The fourth-order valence-electron chi connectivity index (χ4n) is 4.92. The minimum atomic E-state index is -4.85. The van der Waals surface area contributed by atoms with Crippen molar-refractivity contribution in [2.75, 3.05) is 6.61 Å². The molecule has 3 aromatic rings. The molecular weight excluding hydrogens is 526 g/mol. The summed E-state index contributed by atoms with van der Waals surface area (Å²) in [5, 5.41) is 9.64. The van der Waals surface area contributed by atoms with Gasteiger partial charge in [-0.2, -0.15) is 13.2 Å². The molecule has 39 heavy (non-hydrogen) atoms. The highest BCUT2D eigenvalue weighted by Gasteiger charge is 2.45. The molecule has 2 aromatic heterocycles. The molecule has 11 heteroatoms. The van der Waals surface area contributed by atoms with Crippen LogP contribution in [0.1, 0.15) is 53.6 Å². The molecule has 1 N–H and O–H groups in total. The first kappa shape index (κ1) is 27.2. The molecule has 2 aliphatic carbocycles. The van der Waals surface area contributed by atoms with Gasteiger partial charge in [-0.05, 0) is 73.4 Å². The van der Waals surface area contributed by atoms with Crippen molar-refractivity contribution in [3.63, 3.8) is 0 Å². The summed E-state index contributed by atoms with van der Waals surface area (Å²) in [6.07, 6.45) is -4.34. The van der Waals surface area contributed by atoms with E-state index < -0.39 is 29.6 Å². The zero-order valence-electron chi connectivity index (χ0n) is 21.2. The van der Waals surface area contributed by atoms with Crippen LogP contribution in [0.2, 0.25) is 0 Å². The highest BCUT2D eigenvalue weighted by molar-refractivity contribution is 5.71. The number of halogens is 6. The SMILES string of the molecule is Cc1nc(OCCC(C)(O)C(F)F)ccc1-c1cc(COc2cc3c(cn2)C2CC2C3)c(F)cc1C(F)(F)F. The average Bonchev–Trinajstić information content (AvgIpc) is 3.53. The number of hydrogen-bond donors (Lipinski definition) is 1. The molecule has 1 fully saturated rings. The number of pyridine rings is 2. The molecule has 3 atom stereocenters. The van der Waals surface area contributed by atoms with Crippen molar-refractivity contribution >= 4 is 0 Å². The molecule has 0 bridgehead atoms. The van der Waals surface area contributed by atoms with Gasteiger partial charge >= 0.3 is 6.18 Å². The highest BCUT2D eigenvalue weighted by atomic mass is 19.4. The second-order valence-electron chi connectivity index (χ2n) is 10.3. The van der Waals surface area contributed by atoms with Gasteiger partial charge in [-0.25, -0.2) is 23.1 Å². The fourth-order valence-corrected chi connectivity index (χ4v) is 4.92. The van der Waals surface area contributed by atoms with E-state index in [2.05, 4.69) is 9.97 Å². The number of alkyl halides is 5. The van der Waals surface area contributed by atoms with Gasteiger partial charge in [0.1, 0.15) is 18.0 Å². The number of aryl methyl sites for hydroxylation is 1. The summed E-state index contributed by atoms with van der Waals surface area (Å²) in [5.41, 5.74) is -1.23. The lowest BCUT2D eigenvalue weighted by atomic mass is 9.95. The summed E-state index contributed by atoms with van der Waals surface area (Å²) in [7, 11) is 0. The molecule has 1 saturated carbocycles. The number of benzene rings is 1. The van der Waals surface area contributed by atoms with Crippen molar-refractivity contribution < 1.29 is 40.9 Å². The zero-order valence-corrected chi connectivity index (χ0v) is 21.2. The van der Waals surface area contributed by atoms with E-state index in [1.807, 2.05) is 0 Å². The Kier molecular flexibility index (Phi) is 6.98. The molecule has 2 heterocycles. The third-order valence-corrected chi connectivity index (χ3v) is 7.35. The van der Waals surface area contributed by atoms with Crippen LogP contribution < -0.4 is 9.47 Å². The third kappa shape index (κ3) is 5.68. The lowest BCUT2D eigenvalue weighted by Gasteiger charge is -2.22. The molecule has 0 spiro atoms. The Labute approximate surface area is 220 Å². The average molecular weight is 553 g/mol. The van der Waals surface area contributed by atoms with Gasteiger partial charge in [0.2, 0.25) is 11.8 Å². The first-order valence-electron chi connectivity index (χ1n) is 12.5. The van der Waals surface area contributed by atoms with E-state index in [4.69, 9.17) is 9.47 Å². The lowest BCUT2D eigenvalue weighted by Crippen LogP contribution is -2.35. The Balaban J connectivity index is 1.37. The van der Waals surface area contributed by atoms with Crippen molar-refractivity contribution in [1.82, 2.24) is 9.97 Å². The van der Waals surface area contributed by atoms with Crippen LogP contribution in [0.3, 0.4) is 0 Å². The van der Waals surface area contributed by atoms with Gasteiger partial charge in [0.15, 0.2) is 0 Å². The van der Waals surface area contributed by atoms with Crippen LogP contribution in [0.5, 0.6) is 11.8 Å². The maximum atomic E-state index is 14.8. The predicted molar refractivity (Wildman–Crippen MR) is 129 cm³/mol. The van der Waals surface area contributed by atoms with Crippen molar-refractivity contribution in [2.45, 2.75) is 63.8 Å². The number of aliphatic hydroxyl groups is 1. The summed E-state index contributed by atoms with van der Waals surface area (Å²) < 4.78 is 93.0. The fraction of sp³-hybridized carbons (Fsp3) is 0.429. The van der Waals surface area contributed by atoms with Gasteiger partial charge in [-0.3, -0.25) is 0 Å². The van der Waals surface area contributed by atoms with Crippen LogP contribution in [-0.2, 0) is 19.2 Å². The molecule has 0 radical (unpaired) electrons. The Morgan fingerprint density at radius 3 is 2.54 bits per heavy atom. The largest absolute Gasteiger partial charge is 0.478 e. The Morgan fingerprint density at radius 2 is 1.85 bits per heavy atom. The summed E-state index contributed by atoms with van der Waals surface area (Å²) in [6, 6.07) is 5.96. The molecule has 5 nitrogen and oxygen atoms in total. The van der Waals surface area contributed by atoms with E-state index in [0.717, 1.165) is 31.4 Å². The lowest BCUT2D eigenvalue weighted by molar-refractivity contribution is -0.137. The topological polar surface area (TPSA) is 64.5 Å². The summed E-state index contributed by atoms with van der Waals surface area (Å²) in [6.45, 7) is 1.82. The number of nitrogens with zero attached hydrogens (tertiary/aromatic N) is 2. The predicted octanol–water partition coefficient (Wildman–Crippen LogP) is 6.63. The Bertz CT molecular complexity index is 1390. The molecule has 3 unspecified atom stereocenters. The summed E-state index contributed by atoms with van der Waals surface area (Å²) in [5.74, 6) is 0.401. The van der Waals surface area contributed by atoms with E-state index in [9.17, 15) is 31.4 Å². The van der Waals surface area contributed by atoms with Gasteiger partial charge in [0.25, 0.3) is 6.43 Å². The van der Waals surface area contributed by atoms with E-state index >= 15 is 0 Å². The van der Waals surface area contributed by atoms with Crippen molar-refractivity contribution in [3.8, 4) is 22.9 Å². The molecule has 5 rings (SSSR count).